The van der Waals surface area contributed by atoms with Crippen molar-refractivity contribution < 1.29 is 14.3 Å². The van der Waals surface area contributed by atoms with Crippen molar-refractivity contribution in [2.75, 3.05) is 39.9 Å². The number of nitrogens with zero attached hydrogens (tertiary/aromatic N) is 1. The highest BCUT2D eigenvalue weighted by atomic mass is 16.5. The quantitative estimate of drug-likeness (QED) is 0.820. The highest BCUT2D eigenvalue weighted by Crippen LogP contribution is 2.37. The third-order valence-electron chi connectivity index (χ3n) is 4.43. The second-order valence-corrected chi connectivity index (χ2v) is 5.59. The van der Waals surface area contributed by atoms with E-state index in [9.17, 15) is 4.79 Å². The Morgan fingerprint density at radius 1 is 1.33 bits per heavy atom. The van der Waals surface area contributed by atoms with Crippen LogP contribution in [0.5, 0.6) is 0 Å². The van der Waals surface area contributed by atoms with Gasteiger partial charge >= 0.3 is 5.97 Å². The lowest BCUT2D eigenvalue weighted by atomic mass is 9.83. The van der Waals surface area contributed by atoms with Crippen molar-refractivity contribution in [2.45, 2.75) is 18.6 Å². The Bertz CT molecular complexity index is 512. The molecule has 0 amide bonds. The maximum absolute atomic E-state index is 12.7. The van der Waals surface area contributed by atoms with Gasteiger partial charge in [0.25, 0.3) is 0 Å². The smallest absolute Gasteiger partial charge is 0.333 e. The summed E-state index contributed by atoms with van der Waals surface area (Å²) >= 11 is 0. The third kappa shape index (κ3) is 2.46. The van der Waals surface area contributed by atoms with E-state index in [2.05, 4.69) is 10.2 Å². The molecule has 3 rings (SSSR count). The van der Waals surface area contributed by atoms with Gasteiger partial charge in [0, 0.05) is 19.6 Å². The fraction of sp³-hybridized carbons (Fsp3) is 0.562. The largest absolute Gasteiger partial charge is 0.467 e. The monoisotopic (exact) mass is 290 g/mol. The zero-order chi connectivity index (χ0) is 14.7. The van der Waals surface area contributed by atoms with Crippen LogP contribution < -0.4 is 5.32 Å². The summed E-state index contributed by atoms with van der Waals surface area (Å²) in [5.41, 5.74) is 1.30. The van der Waals surface area contributed by atoms with Crippen molar-refractivity contribution in [2.24, 2.45) is 0 Å². The van der Waals surface area contributed by atoms with Gasteiger partial charge in [0.2, 0.25) is 0 Å². The molecule has 1 saturated heterocycles. The first-order chi connectivity index (χ1) is 10.3. The Balaban J connectivity index is 2.08. The van der Waals surface area contributed by atoms with E-state index in [1.807, 2.05) is 24.3 Å². The van der Waals surface area contributed by atoms with E-state index in [-0.39, 0.29) is 5.97 Å². The number of benzene rings is 1. The molecule has 0 bridgehead atoms. The fourth-order valence-electron chi connectivity index (χ4n) is 3.39. The Labute approximate surface area is 125 Å². The maximum Gasteiger partial charge on any atom is 0.333 e. The molecule has 1 aromatic rings. The molecule has 1 N–H and O–H groups in total. The number of carbonyl (C=O) groups excluding carboxylic acids is 1. The van der Waals surface area contributed by atoms with Crippen molar-refractivity contribution in [1.29, 1.82) is 0 Å². The minimum Gasteiger partial charge on any atom is -0.467 e. The summed E-state index contributed by atoms with van der Waals surface area (Å²) in [6.07, 6.45) is 1.01. The molecule has 2 aliphatic rings. The zero-order valence-electron chi connectivity index (χ0n) is 12.4. The maximum atomic E-state index is 12.7. The van der Waals surface area contributed by atoms with Gasteiger partial charge in [-0.3, -0.25) is 4.90 Å². The van der Waals surface area contributed by atoms with Gasteiger partial charge < -0.3 is 14.8 Å². The lowest BCUT2D eigenvalue weighted by Crippen LogP contribution is -2.58. The van der Waals surface area contributed by atoms with Crippen molar-refractivity contribution >= 4 is 5.97 Å². The minimum atomic E-state index is -0.810. The van der Waals surface area contributed by atoms with Crippen molar-refractivity contribution in [3.63, 3.8) is 0 Å². The van der Waals surface area contributed by atoms with E-state index < -0.39 is 5.54 Å². The van der Waals surface area contributed by atoms with Gasteiger partial charge in [-0.1, -0.05) is 24.3 Å². The molecule has 5 nitrogen and oxygen atoms in total. The SMILES string of the molecule is COC(=O)C1(N2CCCNCC2)COCc2ccccc21. The minimum absolute atomic E-state index is 0.225. The molecule has 0 spiro atoms. The Hall–Kier alpha value is -1.43. The fourth-order valence-corrected chi connectivity index (χ4v) is 3.39. The van der Waals surface area contributed by atoms with Crippen LogP contribution in [-0.2, 0) is 26.4 Å². The second-order valence-electron chi connectivity index (χ2n) is 5.59. The molecule has 1 unspecified atom stereocenters. The molecular weight excluding hydrogens is 268 g/mol. The summed E-state index contributed by atoms with van der Waals surface area (Å²) in [6, 6.07) is 8.03. The van der Waals surface area contributed by atoms with E-state index in [0.717, 1.165) is 43.7 Å². The van der Waals surface area contributed by atoms with Gasteiger partial charge in [0.15, 0.2) is 5.54 Å². The Morgan fingerprint density at radius 2 is 2.19 bits per heavy atom. The lowest BCUT2D eigenvalue weighted by Gasteiger charge is -2.44. The average Bonchev–Trinajstić information content (AvgIpc) is 2.83. The van der Waals surface area contributed by atoms with Crippen molar-refractivity contribution in [3.05, 3.63) is 35.4 Å². The predicted octanol–water partition coefficient (Wildman–Crippen LogP) is 0.880. The Morgan fingerprint density at radius 3 is 3.05 bits per heavy atom. The van der Waals surface area contributed by atoms with Gasteiger partial charge in [0.05, 0.1) is 20.3 Å². The highest BCUT2D eigenvalue weighted by molar-refractivity contribution is 5.83. The van der Waals surface area contributed by atoms with Gasteiger partial charge in [-0.2, -0.15) is 0 Å². The van der Waals surface area contributed by atoms with Crippen LogP contribution in [0, 0.1) is 0 Å². The van der Waals surface area contributed by atoms with Crippen LogP contribution in [-0.4, -0.2) is 50.8 Å². The first-order valence-electron chi connectivity index (χ1n) is 7.49. The molecule has 0 aliphatic carbocycles. The number of fused-ring (bicyclic) bond motifs is 1. The molecule has 21 heavy (non-hydrogen) atoms. The summed E-state index contributed by atoms with van der Waals surface area (Å²) in [5.74, 6) is -0.225. The van der Waals surface area contributed by atoms with Crippen LogP contribution in [0.15, 0.2) is 24.3 Å². The van der Waals surface area contributed by atoms with Crippen LogP contribution in [0.4, 0.5) is 0 Å². The topological polar surface area (TPSA) is 50.8 Å². The zero-order valence-corrected chi connectivity index (χ0v) is 12.4. The number of methoxy groups -OCH3 is 1. The molecule has 114 valence electrons. The molecular formula is C16H22N2O3. The number of hydrogen-bond acceptors (Lipinski definition) is 5. The van der Waals surface area contributed by atoms with E-state index in [1.165, 1.54) is 7.11 Å². The van der Waals surface area contributed by atoms with Gasteiger partial charge in [-0.05, 0) is 24.1 Å². The van der Waals surface area contributed by atoms with Crippen molar-refractivity contribution in [1.82, 2.24) is 10.2 Å². The number of carbonyl (C=O) groups is 1. The highest BCUT2D eigenvalue weighted by Gasteiger charge is 2.50. The van der Waals surface area contributed by atoms with Crippen LogP contribution >= 0.6 is 0 Å². The predicted molar refractivity (Wildman–Crippen MR) is 78.9 cm³/mol. The third-order valence-corrected chi connectivity index (χ3v) is 4.43. The van der Waals surface area contributed by atoms with E-state index in [0.29, 0.717) is 13.2 Å². The van der Waals surface area contributed by atoms with Gasteiger partial charge in [-0.25, -0.2) is 4.79 Å². The standard InChI is InChI=1S/C16H22N2O3/c1-20-15(19)16(18-9-4-7-17-8-10-18)12-21-11-13-5-2-3-6-14(13)16/h2-3,5-6,17H,4,7-12H2,1H3. The molecule has 1 atom stereocenters. The number of hydrogen-bond donors (Lipinski definition) is 1. The molecule has 0 radical (unpaired) electrons. The van der Waals surface area contributed by atoms with Gasteiger partial charge in [-0.15, -0.1) is 0 Å². The average molecular weight is 290 g/mol. The number of rotatable bonds is 2. The number of nitrogens with one attached hydrogen (secondary N) is 1. The molecule has 5 heteroatoms. The number of ether oxygens (including phenoxy) is 2. The first-order valence-corrected chi connectivity index (χ1v) is 7.49. The summed E-state index contributed by atoms with van der Waals surface area (Å²) < 4.78 is 10.9. The normalized spacial score (nSPS) is 26.7. The molecule has 0 aromatic heterocycles. The second kappa shape index (κ2) is 6.13. The van der Waals surface area contributed by atoms with E-state index in [1.54, 1.807) is 0 Å². The summed E-state index contributed by atoms with van der Waals surface area (Å²) in [6.45, 7) is 4.45. The summed E-state index contributed by atoms with van der Waals surface area (Å²) in [5, 5.41) is 3.38. The van der Waals surface area contributed by atoms with Crippen LogP contribution in [0.1, 0.15) is 17.5 Å². The molecule has 0 saturated carbocycles. The van der Waals surface area contributed by atoms with Crippen LogP contribution in [0.25, 0.3) is 0 Å². The lowest BCUT2D eigenvalue weighted by molar-refractivity contribution is -0.164. The van der Waals surface area contributed by atoms with E-state index >= 15 is 0 Å². The molecule has 2 heterocycles. The summed E-state index contributed by atoms with van der Waals surface area (Å²) in [7, 11) is 1.46. The first kappa shape index (κ1) is 14.5. The molecule has 2 aliphatic heterocycles. The van der Waals surface area contributed by atoms with Crippen LogP contribution in [0.3, 0.4) is 0 Å². The molecule has 1 aromatic carbocycles. The molecule has 1 fully saturated rings. The van der Waals surface area contributed by atoms with Crippen LogP contribution in [0.2, 0.25) is 0 Å². The van der Waals surface area contributed by atoms with E-state index in [4.69, 9.17) is 9.47 Å². The Kier molecular flexibility index (Phi) is 4.24. The number of esters is 1. The van der Waals surface area contributed by atoms with Gasteiger partial charge in [0.1, 0.15) is 0 Å². The summed E-state index contributed by atoms with van der Waals surface area (Å²) in [4.78, 5) is 14.9. The van der Waals surface area contributed by atoms with Crippen molar-refractivity contribution in [3.8, 4) is 0 Å².